The summed E-state index contributed by atoms with van der Waals surface area (Å²) in [6.45, 7) is 2.70. The largest absolute Gasteiger partial charge is 0.493 e. The Morgan fingerprint density at radius 3 is 2.74 bits per heavy atom. The maximum Gasteiger partial charge on any atom is 0.162 e. The van der Waals surface area contributed by atoms with Crippen LogP contribution in [0.1, 0.15) is 30.7 Å². The molecular weight excluding hydrogens is 242 g/mol. The number of hydrogen-bond donors (Lipinski definition) is 1. The van der Waals surface area contributed by atoms with Crippen LogP contribution in [0.2, 0.25) is 0 Å². The first-order valence-corrected chi connectivity index (χ1v) is 6.43. The molecule has 0 bridgehead atoms. The fraction of sp³-hybridized carbons (Fsp3) is 0.429. The maximum absolute atomic E-state index is 10.3. The highest BCUT2D eigenvalue weighted by atomic mass is 16.5. The molecule has 19 heavy (non-hydrogen) atoms. The van der Waals surface area contributed by atoms with E-state index < -0.39 is 6.10 Å². The van der Waals surface area contributed by atoms with Crippen LogP contribution in [0.3, 0.4) is 0 Å². The minimum absolute atomic E-state index is 0.578. The average molecular weight is 261 g/mol. The molecular formula is C14H19N3O2. The number of aliphatic hydroxyl groups is 1. The van der Waals surface area contributed by atoms with Crippen LogP contribution < -0.4 is 4.74 Å². The van der Waals surface area contributed by atoms with E-state index in [9.17, 15) is 5.11 Å². The van der Waals surface area contributed by atoms with Gasteiger partial charge >= 0.3 is 0 Å². The Morgan fingerprint density at radius 1 is 1.37 bits per heavy atom. The number of nitrogens with zero attached hydrogens (tertiary/aromatic N) is 3. The van der Waals surface area contributed by atoms with Gasteiger partial charge in [-0.15, -0.1) is 0 Å². The molecule has 0 radical (unpaired) electrons. The molecule has 0 aliphatic carbocycles. The summed E-state index contributed by atoms with van der Waals surface area (Å²) in [5, 5.41) is 14.5. The summed E-state index contributed by atoms with van der Waals surface area (Å²) in [7, 11) is 1.59. The number of aromatic nitrogens is 3. The zero-order chi connectivity index (χ0) is 13.7. The van der Waals surface area contributed by atoms with E-state index in [1.54, 1.807) is 30.4 Å². The normalized spacial score (nSPS) is 12.4. The van der Waals surface area contributed by atoms with Crippen molar-refractivity contribution >= 4 is 0 Å². The third-order valence-electron chi connectivity index (χ3n) is 3.14. The highest BCUT2D eigenvalue weighted by Crippen LogP contribution is 2.27. The van der Waals surface area contributed by atoms with Gasteiger partial charge in [-0.3, -0.25) is 9.67 Å². The molecule has 2 rings (SSSR count). The average Bonchev–Trinajstić information content (AvgIpc) is 2.89. The highest BCUT2D eigenvalue weighted by Gasteiger charge is 2.19. The molecule has 0 aromatic carbocycles. The molecule has 0 saturated carbocycles. The van der Waals surface area contributed by atoms with Crippen molar-refractivity contribution in [2.75, 3.05) is 7.11 Å². The summed E-state index contributed by atoms with van der Waals surface area (Å²) in [4.78, 5) is 3.98. The van der Waals surface area contributed by atoms with Gasteiger partial charge in [-0.1, -0.05) is 0 Å². The lowest BCUT2D eigenvalue weighted by Gasteiger charge is -2.14. The molecule has 1 unspecified atom stereocenters. The van der Waals surface area contributed by atoms with Crippen molar-refractivity contribution < 1.29 is 9.84 Å². The lowest BCUT2D eigenvalue weighted by atomic mass is 10.1. The van der Waals surface area contributed by atoms with Crippen molar-refractivity contribution in [2.45, 2.75) is 32.4 Å². The molecule has 2 heterocycles. The predicted octanol–water partition coefficient (Wildman–Crippen LogP) is 1.97. The second-order valence-corrected chi connectivity index (χ2v) is 4.32. The Hall–Kier alpha value is -1.88. The molecule has 0 aliphatic heterocycles. The predicted molar refractivity (Wildman–Crippen MR) is 72.0 cm³/mol. The monoisotopic (exact) mass is 261 g/mol. The fourth-order valence-corrected chi connectivity index (χ4v) is 2.11. The fourth-order valence-electron chi connectivity index (χ4n) is 2.11. The third kappa shape index (κ3) is 3.12. The zero-order valence-electron chi connectivity index (χ0n) is 11.3. The van der Waals surface area contributed by atoms with Gasteiger partial charge in [0.1, 0.15) is 5.69 Å². The topological polar surface area (TPSA) is 60.2 Å². The molecule has 2 aromatic heterocycles. The summed E-state index contributed by atoms with van der Waals surface area (Å²) in [6, 6.07) is 3.92. The van der Waals surface area contributed by atoms with Crippen LogP contribution in [0.5, 0.6) is 5.75 Å². The summed E-state index contributed by atoms with van der Waals surface area (Å²) in [6.07, 6.45) is 6.02. The SMILES string of the molecule is CCn1ncc(OC)c1C(O)CCc1ccncc1. The van der Waals surface area contributed by atoms with Gasteiger partial charge in [0.2, 0.25) is 0 Å². The molecule has 1 atom stereocenters. The zero-order valence-corrected chi connectivity index (χ0v) is 11.3. The molecule has 0 aliphatic rings. The summed E-state index contributed by atoms with van der Waals surface area (Å²) in [5.41, 5.74) is 1.91. The molecule has 0 amide bonds. The van der Waals surface area contributed by atoms with Crippen LogP contribution in [0, 0.1) is 0 Å². The Labute approximate surface area is 112 Å². The second kappa shape index (κ2) is 6.33. The van der Waals surface area contributed by atoms with Gasteiger partial charge in [0, 0.05) is 18.9 Å². The number of rotatable bonds is 6. The number of aryl methyl sites for hydroxylation is 2. The highest BCUT2D eigenvalue weighted by molar-refractivity contribution is 5.27. The lowest BCUT2D eigenvalue weighted by Crippen LogP contribution is -2.10. The Morgan fingerprint density at radius 2 is 2.11 bits per heavy atom. The van der Waals surface area contributed by atoms with Crippen LogP contribution in [0.4, 0.5) is 0 Å². The van der Waals surface area contributed by atoms with Gasteiger partial charge in [-0.25, -0.2) is 0 Å². The van der Waals surface area contributed by atoms with Crippen LogP contribution in [0.15, 0.2) is 30.7 Å². The number of pyridine rings is 1. The number of aliphatic hydroxyl groups excluding tert-OH is 1. The summed E-state index contributed by atoms with van der Waals surface area (Å²) in [5.74, 6) is 0.643. The molecule has 102 valence electrons. The van der Waals surface area contributed by atoms with Gasteiger partial charge in [-0.05, 0) is 37.5 Å². The van der Waals surface area contributed by atoms with Crippen LogP contribution >= 0.6 is 0 Å². The van der Waals surface area contributed by atoms with Crippen molar-refractivity contribution in [1.29, 1.82) is 0 Å². The minimum atomic E-state index is -0.578. The van der Waals surface area contributed by atoms with Gasteiger partial charge in [-0.2, -0.15) is 5.10 Å². The van der Waals surface area contributed by atoms with E-state index in [1.807, 2.05) is 19.1 Å². The molecule has 5 heteroatoms. The van der Waals surface area contributed by atoms with Crippen LogP contribution in [-0.2, 0) is 13.0 Å². The van der Waals surface area contributed by atoms with E-state index in [4.69, 9.17) is 4.74 Å². The second-order valence-electron chi connectivity index (χ2n) is 4.32. The van der Waals surface area contributed by atoms with E-state index in [2.05, 4.69) is 10.1 Å². The number of ether oxygens (including phenoxy) is 1. The van der Waals surface area contributed by atoms with Crippen LogP contribution in [0.25, 0.3) is 0 Å². The smallest absolute Gasteiger partial charge is 0.162 e. The molecule has 2 aromatic rings. The van der Waals surface area contributed by atoms with E-state index >= 15 is 0 Å². The van der Waals surface area contributed by atoms with E-state index in [0.717, 1.165) is 17.7 Å². The quantitative estimate of drug-likeness (QED) is 0.863. The maximum atomic E-state index is 10.3. The van der Waals surface area contributed by atoms with Crippen molar-refractivity contribution in [3.8, 4) is 5.75 Å². The molecule has 0 spiro atoms. The van der Waals surface area contributed by atoms with Crippen molar-refractivity contribution in [3.05, 3.63) is 42.0 Å². The van der Waals surface area contributed by atoms with Gasteiger partial charge in [0.05, 0.1) is 19.4 Å². The van der Waals surface area contributed by atoms with Gasteiger partial charge in [0.25, 0.3) is 0 Å². The molecule has 5 nitrogen and oxygen atoms in total. The van der Waals surface area contributed by atoms with Crippen molar-refractivity contribution in [1.82, 2.24) is 14.8 Å². The first-order chi connectivity index (χ1) is 9.26. The Kier molecular flexibility index (Phi) is 4.52. The van der Waals surface area contributed by atoms with E-state index in [1.165, 1.54) is 0 Å². The Balaban J connectivity index is 2.07. The van der Waals surface area contributed by atoms with E-state index in [0.29, 0.717) is 18.7 Å². The molecule has 0 saturated heterocycles. The molecule has 1 N–H and O–H groups in total. The van der Waals surface area contributed by atoms with Gasteiger partial charge < -0.3 is 9.84 Å². The van der Waals surface area contributed by atoms with Crippen molar-refractivity contribution in [2.24, 2.45) is 0 Å². The summed E-state index contributed by atoms with van der Waals surface area (Å²) >= 11 is 0. The minimum Gasteiger partial charge on any atom is -0.493 e. The van der Waals surface area contributed by atoms with Crippen molar-refractivity contribution in [3.63, 3.8) is 0 Å². The third-order valence-corrected chi connectivity index (χ3v) is 3.14. The van der Waals surface area contributed by atoms with Gasteiger partial charge in [0.15, 0.2) is 5.75 Å². The molecule has 0 fully saturated rings. The van der Waals surface area contributed by atoms with Crippen LogP contribution in [-0.4, -0.2) is 27.0 Å². The first kappa shape index (κ1) is 13.5. The van der Waals surface area contributed by atoms with E-state index in [-0.39, 0.29) is 0 Å². The standard InChI is InChI=1S/C14H19N3O2/c1-3-17-14(13(19-2)10-16-17)12(18)5-4-11-6-8-15-9-7-11/h6-10,12,18H,3-5H2,1-2H3. The summed E-state index contributed by atoms with van der Waals surface area (Å²) < 4.78 is 7.02. The Bertz CT molecular complexity index is 489. The number of methoxy groups -OCH3 is 1. The first-order valence-electron chi connectivity index (χ1n) is 6.43. The lowest BCUT2D eigenvalue weighted by molar-refractivity contribution is 0.153. The number of hydrogen-bond acceptors (Lipinski definition) is 4.